The van der Waals surface area contributed by atoms with Gasteiger partial charge >= 0.3 is 11.9 Å². The van der Waals surface area contributed by atoms with Crippen molar-refractivity contribution in [3.05, 3.63) is 62.5 Å². The van der Waals surface area contributed by atoms with E-state index >= 15 is 0 Å². The van der Waals surface area contributed by atoms with E-state index in [1.54, 1.807) is 19.9 Å². The van der Waals surface area contributed by atoms with Gasteiger partial charge in [0.15, 0.2) is 6.10 Å². The minimum absolute atomic E-state index is 0.142. The van der Waals surface area contributed by atoms with Crippen LogP contribution < -0.4 is 0 Å². The first-order valence-corrected chi connectivity index (χ1v) is 8.40. The summed E-state index contributed by atoms with van der Waals surface area (Å²) in [6.45, 7) is 4.61. The lowest BCUT2D eigenvalue weighted by molar-refractivity contribution is -0.385. The summed E-state index contributed by atoms with van der Waals surface area (Å²) < 4.78 is 9.85. The number of para-hydroxylation sites is 1. The number of methoxy groups -OCH3 is 1. The summed E-state index contributed by atoms with van der Waals surface area (Å²) in [6.07, 6.45) is -1.48. The van der Waals surface area contributed by atoms with Crippen LogP contribution in [0.4, 0.5) is 5.69 Å². The lowest BCUT2D eigenvalue weighted by Crippen LogP contribution is -2.26. The minimum atomic E-state index is -1.14. The number of nitrogens with zero attached hydrogens (tertiary/aromatic N) is 1. The molecule has 28 heavy (non-hydrogen) atoms. The van der Waals surface area contributed by atoms with Crippen LogP contribution in [0, 0.1) is 24.0 Å². The highest BCUT2D eigenvalue weighted by Gasteiger charge is 2.28. The van der Waals surface area contributed by atoms with E-state index in [9.17, 15) is 24.5 Å². The molecule has 0 aliphatic carbocycles. The third-order valence-electron chi connectivity index (χ3n) is 4.27. The van der Waals surface area contributed by atoms with Gasteiger partial charge in [0, 0.05) is 17.3 Å². The number of nitro benzene ring substituents is 1. The fourth-order valence-electron chi connectivity index (χ4n) is 2.89. The number of aryl methyl sites for hydroxylation is 1. The Labute approximate surface area is 160 Å². The van der Waals surface area contributed by atoms with Gasteiger partial charge in [-0.1, -0.05) is 18.2 Å². The van der Waals surface area contributed by atoms with Gasteiger partial charge in [-0.2, -0.15) is 0 Å². The number of rotatable bonds is 7. The summed E-state index contributed by atoms with van der Waals surface area (Å²) in [5.74, 6) is -1.87. The first-order chi connectivity index (χ1) is 13.2. The summed E-state index contributed by atoms with van der Waals surface area (Å²) in [4.78, 5) is 49.9. The van der Waals surface area contributed by atoms with Crippen LogP contribution >= 0.6 is 0 Å². The molecular weight excluding hydrogens is 368 g/mol. The third-order valence-corrected chi connectivity index (χ3v) is 4.27. The normalized spacial score (nSPS) is 11.6. The molecular formula is C19H20N2O7. The number of esters is 2. The number of nitro groups is 1. The lowest BCUT2D eigenvalue weighted by atomic mass is 10.1. The SMILES string of the molecule is COC(=O)c1c(C)[nH]c(C(=O)[C@@H](C)OC(=O)Cc2ccccc2[N+](=O)[O-])c1C. The molecule has 9 nitrogen and oxygen atoms in total. The Kier molecular flexibility index (Phi) is 6.29. The molecule has 0 unspecified atom stereocenters. The van der Waals surface area contributed by atoms with Crippen molar-refractivity contribution in [2.24, 2.45) is 0 Å². The van der Waals surface area contributed by atoms with Crippen LogP contribution in [0.5, 0.6) is 0 Å². The van der Waals surface area contributed by atoms with E-state index < -0.39 is 28.7 Å². The number of carbonyl (C=O) groups excluding carboxylic acids is 3. The summed E-state index contributed by atoms with van der Waals surface area (Å²) in [5.41, 5.74) is 1.25. The Morgan fingerprint density at radius 3 is 2.46 bits per heavy atom. The molecule has 0 bridgehead atoms. The number of ketones is 1. The molecule has 9 heteroatoms. The van der Waals surface area contributed by atoms with E-state index in [1.807, 2.05) is 0 Å². The van der Waals surface area contributed by atoms with Crippen molar-refractivity contribution in [1.29, 1.82) is 0 Å². The van der Waals surface area contributed by atoms with Gasteiger partial charge in [-0.05, 0) is 26.3 Å². The molecule has 0 radical (unpaired) electrons. The highest BCUT2D eigenvalue weighted by atomic mass is 16.6. The zero-order chi connectivity index (χ0) is 21.0. The van der Waals surface area contributed by atoms with E-state index in [4.69, 9.17) is 9.47 Å². The maximum Gasteiger partial charge on any atom is 0.339 e. The van der Waals surface area contributed by atoms with Crippen LogP contribution in [-0.4, -0.2) is 40.8 Å². The number of H-pyrrole nitrogens is 1. The molecule has 0 saturated carbocycles. The second kappa shape index (κ2) is 8.47. The maximum absolute atomic E-state index is 12.6. The van der Waals surface area contributed by atoms with Gasteiger partial charge < -0.3 is 14.5 Å². The Morgan fingerprint density at radius 1 is 1.21 bits per heavy atom. The smallest absolute Gasteiger partial charge is 0.339 e. The van der Waals surface area contributed by atoms with Crippen molar-refractivity contribution in [2.45, 2.75) is 33.3 Å². The highest BCUT2D eigenvalue weighted by molar-refractivity contribution is 6.04. The first-order valence-electron chi connectivity index (χ1n) is 8.40. The van der Waals surface area contributed by atoms with E-state index in [-0.39, 0.29) is 28.9 Å². The van der Waals surface area contributed by atoms with Gasteiger partial charge in [-0.3, -0.25) is 19.7 Å². The number of benzene rings is 1. The fraction of sp³-hybridized carbons (Fsp3) is 0.316. The largest absolute Gasteiger partial charge is 0.465 e. The quantitative estimate of drug-likeness (QED) is 0.334. The molecule has 0 aliphatic heterocycles. The first kappa shape index (κ1) is 20.8. The standard InChI is InChI=1S/C19H20N2O7/c1-10-16(19(24)27-4)11(2)20-17(10)18(23)12(3)28-15(22)9-13-7-5-6-8-14(13)21(25)26/h5-8,12,20H,9H2,1-4H3/t12-/m1/s1. The van der Waals surface area contributed by atoms with Gasteiger partial charge in [0.05, 0.1) is 29.7 Å². The van der Waals surface area contributed by atoms with E-state index in [2.05, 4.69) is 4.98 Å². The number of hydrogen-bond donors (Lipinski definition) is 1. The molecule has 2 rings (SSSR count). The average molecular weight is 388 g/mol. The van der Waals surface area contributed by atoms with Crippen LogP contribution in [-0.2, 0) is 20.7 Å². The number of nitrogens with one attached hydrogen (secondary N) is 1. The van der Waals surface area contributed by atoms with Gasteiger partial charge in [-0.25, -0.2) is 4.79 Å². The third kappa shape index (κ3) is 4.25. The number of aromatic nitrogens is 1. The minimum Gasteiger partial charge on any atom is -0.465 e. The number of aromatic amines is 1. The summed E-state index contributed by atoms with van der Waals surface area (Å²) in [5, 5.41) is 11.0. The van der Waals surface area contributed by atoms with Gasteiger partial charge in [0.2, 0.25) is 5.78 Å². The van der Waals surface area contributed by atoms with Crippen molar-refractivity contribution < 1.29 is 28.8 Å². The predicted octanol–water partition coefficient (Wildman–Crippen LogP) is 2.68. The molecule has 1 atom stereocenters. The molecule has 0 fully saturated rings. The average Bonchev–Trinajstić information content (AvgIpc) is 2.94. The van der Waals surface area contributed by atoms with Crippen molar-refractivity contribution in [3.8, 4) is 0 Å². The van der Waals surface area contributed by atoms with E-state index in [0.29, 0.717) is 11.3 Å². The van der Waals surface area contributed by atoms with E-state index in [0.717, 1.165) is 0 Å². The number of hydrogen-bond acceptors (Lipinski definition) is 7. The molecule has 148 valence electrons. The Bertz CT molecular complexity index is 946. The summed E-state index contributed by atoms with van der Waals surface area (Å²) in [7, 11) is 1.24. The van der Waals surface area contributed by atoms with Crippen LogP contribution in [0.3, 0.4) is 0 Å². The monoisotopic (exact) mass is 388 g/mol. The zero-order valence-corrected chi connectivity index (χ0v) is 15.9. The zero-order valence-electron chi connectivity index (χ0n) is 15.9. The molecule has 0 saturated heterocycles. The van der Waals surface area contributed by atoms with Crippen molar-refractivity contribution in [1.82, 2.24) is 4.98 Å². The Balaban J connectivity index is 2.14. The lowest BCUT2D eigenvalue weighted by Gasteiger charge is -2.12. The van der Waals surface area contributed by atoms with Crippen LogP contribution in [0.2, 0.25) is 0 Å². The Hall–Kier alpha value is -3.49. The molecule has 1 N–H and O–H groups in total. The van der Waals surface area contributed by atoms with Crippen LogP contribution in [0.25, 0.3) is 0 Å². The highest BCUT2D eigenvalue weighted by Crippen LogP contribution is 2.22. The second-order valence-corrected chi connectivity index (χ2v) is 6.18. The van der Waals surface area contributed by atoms with Crippen molar-refractivity contribution >= 4 is 23.4 Å². The number of carbonyl (C=O) groups is 3. The van der Waals surface area contributed by atoms with Gasteiger partial charge in [-0.15, -0.1) is 0 Å². The second-order valence-electron chi connectivity index (χ2n) is 6.18. The topological polar surface area (TPSA) is 129 Å². The van der Waals surface area contributed by atoms with Crippen molar-refractivity contribution in [2.75, 3.05) is 7.11 Å². The van der Waals surface area contributed by atoms with E-state index in [1.165, 1.54) is 32.2 Å². The molecule has 0 spiro atoms. The summed E-state index contributed by atoms with van der Waals surface area (Å²) in [6, 6.07) is 5.81. The van der Waals surface area contributed by atoms with Crippen LogP contribution in [0.1, 0.15) is 44.6 Å². The molecule has 0 amide bonds. The molecule has 1 heterocycles. The summed E-state index contributed by atoms with van der Waals surface area (Å²) >= 11 is 0. The number of Topliss-reactive ketones (excluding diaryl/α,β-unsaturated/α-hetero) is 1. The molecule has 1 aromatic heterocycles. The Morgan fingerprint density at radius 2 is 1.86 bits per heavy atom. The predicted molar refractivity (Wildman–Crippen MR) is 98.3 cm³/mol. The molecule has 0 aliphatic rings. The molecule has 1 aromatic carbocycles. The van der Waals surface area contributed by atoms with Gasteiger partial charge in [0.1, 0.15) is 0 Å². The fourth-order valence-corrected chi connectivity index (χ4v) is 2.89. The van der Waals surface area contributed by atoms with Crippen LogP contribution in [0.15, 0.2) is 24.3 Å². The van der Waals surface area contributed by atoms with Gasteiger partial charge in [0.25, 0.3) is 5.69 Å². The number of ether oxygens (including phenoxy) is 2. The molecule has 2 aromatic rings. The maximum atomic E-state index is 12.6. The van der Waals surface area contributed by atoms with Crippen molar-refractivity contribution in [3.63, 3.8) is 0 Å².